The Morgan fingerprint density at radius 2 is 2.00 bits per heavy atom. The highest BCUT2D eigenvalue weighted by Crippen LogP contribution is 2.37. The Morgan fingerprint density at radius 1 is 1.15 bits per heavy atom. The largest absolute Gasteiger partial charge is 0.493 e. The van der Waals surface area contributed by atoms with E-state index in [1.165, 1.54) is 0 Å². The summed E-state index contributed by atoms with van der Waals surface area (Å²) in [6.45, 7) is 5.65. The van der Waals surface area contributed by atoms with E-state index in [2.05, 4.69) is 21.2 Å². The summed E-state index contributed by atoms with van der Waals surface area (Å²) >= 11 is 9.61. The van der Waals surface area contributed by atoms with Crippen LogP contribution in [0.5, 0.6) is 11.5 Å². The lowest BCUT2D eigenvalue weighted by molar-refractivity contribution is 0.144. The van der Waals surface area contributed by atoms with Gasteiger partial charge in [-0.3, -0.25) is 0 Å². The molecule has 142 valence electrons. The zero-order chi connectivity index (χ0) is 18.8. The zero-order valence-corrected chi connectivity index (χ0v) is 17.5. The molecule has 2 aromatic rings. The molecular weight excluding hydrogens is 418 g/mol. The van der Waals surface area contributed by atoms with Crippen LogP contribution in [0.15, 0.2) is 40.9 Å². The van der Waals surface area contributed by atoms with Gasteiger partial charge >= 0.3 is 0 Å². The molecule has 0 saturated heterocycles. The van der Waals surface area contributed by atoms with Crippen LogP contribution in [0.4, 0.5) is 0 Å². The summed E-state index contributed by atoms with van der Waals surface area (Å²) in [7, 11) is 1.65. The van der Waals surface area contributed by atoms with Crippen molar-refractivity contribution in [1.82, 2.24) is 5.32 Å². The molecule has 2 rings (SSSR count). The second-order valence-electron chi connectivity index (χ2n) is 5.75. The third-order valence-electron chi connectivity index (χ3n) is 3.74. The summed E-state index contributed by atoms with van der Waals surface area (Å²) in [6.07, 6.45) is 0.993. The van der Waals surface area contributed by atoms with Crippen LogP contribution in [0.2, 0.25) is 5.02 Å². The van der Waals surface area contributed by atoms with Crippen LogP contribution in [0.3, 0.4) is 0 Å². The lowest BCUT2D eigenvalue weighted by Crippen LogP contribution is -2.16. The molecule has 0 bridgehead atoms. The van der Waals surface area contributed by atoms with Gasteiger partial charge in [0.15, 0.2) is 11.5 Å². The minimum absolute atomic E-state index is 0.421. The van der Waals surface area contributed by atoms with E-state index in [1.54, 1.807) is 7.11 Å². The molecule has 0 heterocycles. The lowest BCUT2D eigenvalue weighted by atomic mass is 10.2. The van der Waals surface area contributed by atoms with Gasteiger partial charge in [-0.2, -0.15) is 0 Å². The van der Waals surface area contributed by atoms with E-state index < -0.39 is 0 Å². The van der Waals surface area contributed by atoms with Gasteiger partial charge in [0.1, 0.15) is 6.61 Å². The van der Waals surface area contributed by atoms with E-state index >= 15 is 0 Å². The van der Waals surface area contributed by atoms with Gasteiger partial charge in [-0.25, -0.2) is 0 Å². The lowest BCUT2D eigenvalue weighted by Gasteiger charge is -2.15. The first-order valence-corrected chi connectivity index (χ1v) is 9.83. The van der Waals surface area contributed by atoms with Crippen molar-refractivity contribution in [2.45, 2.75) is 26.5 Å². The fourth-order valence-electron chi connectivity index (χ4n) is 2.47. The maximum absolute atomic E-state index is 6.02. The Hall–Kier alpha value is -1.27. The van der Waals surface area contributed by atoms with Crippen LogP contribution in [0, 0.1) is 0 Å². The first-order chi connectivity index (χ1) is 12.6. The molecule has 0 spiro atoms. The van der Waals surface area contributed by atoms with Gasteiger partial charge in [-0.15, -0.1) is 0 Å². The number of methoxy groups -OCH3 is 1. The van der Waals surface area contributed by atoms with Gasteiger partial charge in [0.2, 0.25) is 0 Å². The van der Waals surface area contributed by atoms with Crippen molar-refractivity contribution in [3.8, 4) is 11.5 Å². The highest BCUT2D eigenvalue weighted by molar-refractivity contribution is 9.10. The van der Waals surface area contributed by atoms with Crippen molar-refractivity contribution in [3.63, 3.8) is 0 Å². The molecule has 6 heteroatoms. The molecule has 0 atom stereocenters. The minimum Gasteiger partial charge on any atom is -0.493 e. The van der Waals surface area contributed by atoms with Gasteiger partial charge in [0.05, 0.1) is 11.6 Å². The molecule has 0 aliphatic carbocycles. The second-order valence-corrected chi connectivity index (χ2v) is 7.05. The SMILES string of the molecule is CCOCCCNCc1cc(Br)c(OCc2cccc(Cl)c2)c(OC)c1. The topological polar surface area (TPSA) is 39.7 Å². The van der Waals surface area contributed by atoms with Gasteiger partial charge in [0, 0.05) is 24.8 Å². The van der Waals surface area contributed by atoms with Crippen LogP contribution in [0.25, 0.3) is 0 Å². The third-order valence-corrected chi connectivity index (χ3v) is 4.56. The highest BCUT2D eigenvalue weighted by atomic mass is 79.9. The fraction of sp³-hybridized carbons (Fsp3) is 0.400. The van der Waals surface area contributed by atoms with Crippen molar-refractivity contribution in [1.29, 1.82) is 0 Å². The Kier molecular flexibility index (Phi) is 9.26. The standard InChI is InChI=1S/C20H25BrClNO3/c1-3-25-9-5-8-23-13-16-11-18(21)20(19(12-16)24-2)26-14-15-6-4-7-17(22)10-15/h4,6-7,10-12,23H,3,5,8-9,13-14H2,1-2H3. The average Bonchev–Trinajstić information content (AvgIpc) is 2.63. The van der Waals surface area contributed by atoms with E-state index in [0.717, 1.165) is 48.3 Å². The summed E-state index contributed by atoms with van der Waals surface area (Å²) in [5.74, 6) is 1.39. The van der Waals surface area contributed by atoms with Crippen molar-refractivity contribution in [3.05, 3.63) is 57.0 Å². The van der Waals surface area contributed by atoms with Crippen LogP contribution < -0.4 is 14.8 Å². The summed E-state index contributed by atoms with van der Waals surface area (Å²) in [6, 6.07) is 11.7. The molecular formula is C20H25BrClNO3. The summed E-state index contributed by atoms with van der Waals surface area (Å²) < 4.78 is 17.7. The number of hydrogen-bond donors (Lipinski definition) is 1. The van der Waals surface area contributed by atoms with Crippen molar-refractivity contribution >= 4 is 27.5 Å². The molecule has 0 aliphatic heterocycles. The Morgan fingerprint density at radius 3 is 2.73 bits per heavy atom. The van der Waals surface area contributed by atoms with Crippen LogP contribution in [0.1, 0.15) is 24.5 Å². The zero-order valence-electron chi connectivity index (χ0n) is 15.2. The number of ether oxygens (including phenoxy) is 3. The minimum atomic E-state index is 0.421. The maximum Gasteiger partial charge on any atom is 0.175 e. The molecule has 0 aromatic heterocycles. The molecule has 0 amide bonds. The predicted octanol–water partition coefficient (Wildman–Crippen LogP) is 5.21. The van der Waals surface area contributed by atoms with E-state index in [0.29, 0.717) is 23.1 Å². The smallest absolute Gasteiger partial charge is 0.175 e. The van der Waals surface area contributed by atoms with Gasteiger partial charge < -0.3 is 19.5 Å². The monoisotopic (exact) mass is 441 g/mol. The van der Waals surface area contributed by atoms with Crippen LogP contribution in [-0.2, 0) is 17.9 Å². The molecule has 0 unspecified atom stereocenters. The summed E-state index contributed by atoms with van der Waals surface area (Å²) in [5, 5.41) is 4.11. The number of rotatable bonds is 11. The Labute approximate surface area is 168 Å². The van der Waals surface area contributed by atoms with Gasteiger partial charge in [0.25, 0.3) is 0 Å². The van der Waals surface area contributed by atoms with Gasteiger partial charge in [-0.1, -0.05) is 23.7 Å². The average molecular weight is 443 g/mol. The van der Waals surface area contributed by atoms with E-state index in [1.807, 2.05) is 43.3 Å². The molecule has 1 N–H and O–H groups in total. The van der Waals surface area contributed by atoms with Crippen molar-refractivity contribution in [2.24, 2.45) is 0 Å². The fourth-order valence-corrected chi connectivity index (χ4v) is 3.29. The first-order valence-electron chi connectivity index (χ1n) is 8.66. The van der Waals surface area contributed by atoms with Crippen molar-refractivity contribution in [2.75, 3.05) is 26.9 Å². The molecule has 0 fully saturated rings. The van der Waals surface area contributed by atoms with E-state index in [4.69, 9.17) is 25.8 Å². The Bertz CT molecular complexity index is 697. The molecule has 26 heavy (non-hydrogen) atoms. The molecule has 4 nitrogen and oxygen atoms in total. The highest BCUT2D eigenvalue weighted by Gasteiger charge is 2.12. The van der Waals surface area contributed by atoms with E-state index in [9.17, 15) is 0 Å². The molecule has 0 aliphatic rings. The first kappa shape index (κ1) is 21.0. The van der Waals surface area contributed by atoms with E-state index in [-0.39, 0.29) is 0 Å². The number of halogens is 2. The van der Waals surface area contributed by atoms with Crippen molar-refractivity contribution < 1.29 is 14.2 Å². The summed E-state index contributed by atoms with van der Waals surface area (Å²) in [4.78, 5) is 0. The second kappa shape index (κ2) is 11.4. The number of nitrogens with one attached hydrogen (secondary N) is 1. The summed E-state index contributed by atoms with van der Waals surface area (Å²) in [5.41, 5.74) is 2.13. The third kappa shape index (κ3) is 6.80. The quantitative estimate of drug-likeness (QED) is 0.485. The maximum atomic E-state index is 6.02. The Balaban J connectivity index is 1.95. The predicted molar refractivity (Wildman–Crippen MR) is 109 cm³/mol. The molecule has 0 radical (unpaired) electrons. The normalized spacial score (nSPS) is 10.8. The van der Waals surface area contributed by atoms with Gasteiger partial charge in [-0.05, 0) is 71.2 Å². The molecule has 0 saturated carbocycles. The number of benzene rings is 2. The number of hydrogen-bond acceptors (Lipinski definition) is 4. The van der Waals surface area contributed by atoms with Crippen LogP contribution >= 0.6 is 27.5 Å². The molecule has 2 aromatic carbocycles. The van der Waals surface area contributed by atoms with Crippen LogP contribution in [-0.4, -0.2) is 26.9 Å².